The summed E-state index contributed by atoms with van der Waals surface area (Å²) in [6.45, 7) is -0.759. The average Bonchev–Trinajstić information content (AvgIpc) is 2.75. The summed E-state index contributed by atoms with van der Waals surface area (Å²) in [5.74, 6) is 0.560. The van der Waals surface area contributed by atoms with E-state index in [-0.39, 0.29) is 11.3 Å². The van der Waals surface area contributed by atoms with Gasteiger partial charge >= 0.3 is 0 Å². The molecule has 0 spiro atoms. The SMILES string of the molecule is COc1ccc(C[C@]2(O)[C@@H](O)[C@@H](O)[C@H](CO)O[C@@]2(O)S(=O)c2ccccc2)cc1. The molecule has 8 nitrogen and oxygen atoms in total. The first kappa shape index (κ1) is 21.8. The van der Waals surface area contributed by atoms with Crippen LogP contribution in [-0.2, 0) is 22.0 Å². The molecule has 2 aromatic rings. The summed E-state index contributed by atoms with van der Waals surface area (Å²) >= 11 is 0. The fraction of sp³-hybridized carbons (Fsp3) is 0.400. The van der Waals surface area contributed by atoms with E-state index in [0.29, 0.717) is 11.3 Å². The van der Waals surface area contributed by atoms with Crippen molar-refractivity contribution in [1.29, 1.82) is 0 Å². The molecule has 158 valence electrons. The highest BCUT2D eigenvalue weighted by molar-refractivity contribution is 7.86. The molecule has 0 aromatic heterocycles. The lowest BCUT2D eigenvalue weighted by Gasteiger charge is -2.52. The van der Waals surface area contributed by atoms with Crippen molar-refractivity contribution in [3.63, 3.8) is 0 Å². The van der Waals surface area contributed by atoms with Crippen molar-refractivity contribution in [3.05, 3.63) is 60.2 Å². The van der Waals surface area contributed by atoms with E-state index in [2.05, 4.69) is 0 Å². The molecular weight excluding hydrogens is 400 g/mol. The van der Waals surface area contributed by atoms with E-state index in [1.54, 1.807) is 42.5 Å². The zero-order chi connectivity index (χ0) is 21.2. The Balaban J connectivity index is 2.06. The van der Waals surface area contributed by atoms with Gasteiger partial charge in [-0.1, -0.05) is 30.3 Å². The standard InChI is InChI=1S/C20H24O8S/c1-27-14-9-7-13(8-10-14)11-19(24)18(23)17(22)16(12-21)28-20(19,25)29(26)15-5-3-2-4-6-15/h2-10,16-18,21-25H,11-12H2,1H3/t16-,17-,18-,19-,20+,29?/m0/s1. The molecule has 0 saturated carbocycles. The van der Waals surface area contributed by atoms with Crippen LogP contribution in [0.25, 0.3) is 0 Å². The highest BCUT2D eigenvalue weighted by Crippen LogP contribution is 2.43. The van der Waals surface area contributed by atoms with Crippen LogP contribution < -0.4 is 4.74 Å². The van der Waals surface area contributed by atoms with Crippen LogP contribution in [0.5, 0.6) is 5.75 Å². The third-order valence-electron chi connectivity index (χ3n) is 5.07. The van der Waals surface area contributed by atoms with Crippen molar-refractivity contribution in [2.75, 3.05) is 13.7 Å². The van der Waals surface area contributed by atoms with E-state index < -0.39 is 46.4 Å². The Hall–Kier alpha value is -1.85. The number of aliphatic hydroxyl groups excluding tert-OH is 3. The number of ether oxygens (including phenoxy) is 2. The summed E-state index contributed by atoms with van der Waals surface area (Å²) in [7, 11) is -0.872. The summed E-state index contributed by atoms with van der Waals surface area (Å²) < 4.78 is 23.7. The van der Waals surface area contributed by atoms with Crippen LogP contribution in [0.4, 0.5) is 0 Å². The van der Waals surface area contributed by atoms with Crippen LogP contribution in [0.2, 0.25) is 0 Å². The van der Waals surface area contributed by atoms with Gasteiger partial charge in [-0.25, -0.2) is 4.21 Å². The van der Waals surface area contributed by atoms with E-state index in [4.69, 9.17) is 9.47 Å². The molecule has 1 unspecified atom stereocenters. The predicted octanol–water partition coefficient (Wildman–Crippen LogP) is -0.464. The van der Waals surface area contributed by atoms with Crippen LogP contribution in [-0.4, -0.2) is 72.5 Å². The van der Waals surface area contributed by atoms with Crippen molar-refractivity contribution in [2.24, 2.45) is 0 Å². The zero-order valence-corrected chi connectivity index (χ0v) is 16.5. The number of aliphatic hydroxyl groups is 5. The smallest absolute Gasteiger partial charge is 0.282 e. The molecule has 1 aliphatic rings. The molecule has 3 rings (SSSR count). The summed E-state index contributed by atoms with van der Waals surface area (Å²) in [5, 5.41) is 50.3. The number of methoxy groups -OCH3 is 1. The van der Waals surface area contributed by atoms with Gasteiger partial charge in [0.15, 0.2) is 5.60 Å². The van der Waals surface area contributed by atoms with Crippen molar-refractivity contribution >= 4 is 10.8 Å². The van der Waals surface area contributed by atoms with Gasteiger partial charge in [0.05, 0.1) is 13.7 Å². The van der Waals surface area contributed by atoms with Crippen LogP contribution in [0, 0.1) is 0 Å². The molecule has 0 bridgehead atoms. The van der Waals surface area contributed by atoms with Gasteiger partial charge in [-0.05, 0) is 29.8 Å². The van der Waals surface area contributed by atoms with Gasteiger partial charge in [0.1, 0.15) is 34.9 Å². The van der Waals surface area contributed by atoms with Crippen LogP contribution in [0.3, 0.4) is 0 Å². The summed E-state index contributed by atoms with van der Waals surface area (Å²) in [4.78, 5) is 0.142. The molecule has 0 amide bonds. The minimum absolute atomic E-state index is 0.142. The van der Waals surface area contributed by atoms with Crippen molar-refractivity contribution in [2.45, 2.75) is 40.3 Å². The first-order chi connectivity index (χ1) is 13.8. The van der Waals surface area contributed by atoms with Gasteiger partial charge in [-0.3, -0.25) is 0 Å². The Kier molecular flexibility index (Phi) is 6.39. The topological polar surface area (TPSA) is 137 Å². The highest BCUT2D eigenvalue weighted by atomic mass is 32.2. The second kappa shape index (κ2) is 8.49. The molecular formula is C20H24O8S. The van der Waals surface area contributed by atoms with Crippen LogP contribution in [0.1, 0.15) is 5.56 Å². The van der Waals surface area contributed by atoms with Gasteiger partial charge in [-0.2, -0.15) is 0 Å². The molecule has 5 N–H and O–H groups in total. The van der Waals surface area contributed by atoms with Crippen molar-refractivity contribution in [1.82, 2.24) is 0 Å². The van der Waals surface area contributed by atoms with Crippen LogP contribution >= 0.6 is 0 Å². The van der Waals surface area contributed by atoms with E-state index in [1.807, 2.05) is 0 Å². The summed E-state index contributed by atoms with van der Waals surface area (Å²) in [5.41, 5.74) is -2.08. The monoisotopic (exact) mass is 424 g/mol. The summed E-state index contributed by atoms with van der Waals surface area (Å²) in [6.07, 6.45) is -5.49. The minimum Gasteiger partial charge on any atom is -0.497 e. The molecule has 0 radical (unpaired) electrons. The second-order valence-corrected chi connectivity index (χ2v) is 8.45. The number of hydrogen-bond acceptors (Lipinski definition) is 8. The molecule has 6 atom stereocenters. The van der Waals surface area contributed by atoms with Crippen LogP contribution in [0.15, 0.2) is 59.5 Å². The molecule has 2 aromatic carbocycles. The second-order valence-electron chi connectivity index (χ2n) is 6.89. The molecule has 1 aliphatic heterocycles. The fourth-order valence-electron chi connectivity index (χ4n) is 3.37. The van der Waals surface area contributed by atoms with Gasteiger partial charge in [0, 0.05) is 11.3 Å². The van der Waals surface area contributed by atoms with Gasteiger partial charge < -0.3 is 35.0 Å². The fourth-order valence-corrected chi connectivity index (χ4v) is 4.82. The Morgan fingerprint density at radius 2 is 1.69 bits per heavy atom. The lowest BCUT2D eigenvalue weighted by molar-refractivity contribution is -0.349. The molecule has 1 saturated heterocycles. The number of hydrogen-bond donors (Lipinski definition) is 5. The number of benzene rings is 2. The third kappa shape index (κ3) is 3.82. The lowest BCUT2D eigenvalue weighted by atomic mass is 9.81. The molecule has 29 heavy (non-hydrogen) atoms. The maximum Gasteiger partial charge on any atom is 0.282 e. The lowest BCUT2D eigenvalue weighted by Crippen LogP contribution is -2.75. The van der Waals surface area contributed by atoms with Crippen molar-refractivity contribution < 1.29 is 39.2 Å². The Morgan fingerprint density at radius 3 is 2.24 bits per heavy atom. The van der Waals surface area contributed by atoms with Gasteiger partial charge in [0.2, 0.25) is 0 Å². The Labute approximate surface area is 170 Å². The first-order valence-corrected chi connectivity index (χ1v) is 10.1. The van der Waals surface area contributed by atoms with E-state index in [9.17, 15) is 29.7 Å². The highest BCUT2D eigenvalue weighted by Gasteiger charge is 2.66. The largest absolute Gasteiger partial charge is 0.497 e. The van der Waals surface area contributed by atoms with Crippen molar-refractivity contribution in [3.8, 4) is 5.75 Å². The molecule has 9 heteroatoms. The quantitative estimate of drug-likeness (QED) is 0.420. The summed E-state index contributed by atoms with van der Waals surface area (Å²) in [6, 6.07) is 14.2. The van der Waals surface area contributed by atoms with E-state index in [0.717, 1.165) is 0 Å². The van der Waals surface area contributed by atoms with Gasteiger partial charge in [-0.15, -0.1) is 0 Å². The van der Waals surface area contributed by atoms with E-state index in [1.165, 1.54) is 19.2 Å². The maximum absolute atomic E-state index is 13.2. The normalized spacial score (nSPS) is 33.2. The first-order valence-electron chi connectivity index (χ1n) is 8.96. The molecule has 1 heterocycles. The Bertz CT molecular complexity index is 845. The zero-order valence-electron chi connectivity index (χ0n) is 15.7. The number of rotatable bonds is 6. The van der Waals surface area contributed by atoms with Gasteiger partial charge in [0.25, 0.3) is 5.12 Å². The van der Waals surface area contributed by atoms with E-state index >= 15 is 0 Å². The maximum atomic E-state index is 13.2. The molecule has 0 aliphatic carbocycles. The third-order valence-corrected chi connectivity index (χ3v) is 6.73. The minimum atomic E-state index is -2.81. The predicted molar refractivity (Wildman–Crippen MR) is 103 cm³/mol. The Morgan fingerprint density at radius 1 is 1.07 bits per heavy atom. The molecule has 1 fully saturated rings. The average molecular weight is 424 g/mol.